The number of hydrogen-bond donors (Lipinski definition) is 1. The molecule has 1 N–H and O–H groups in total. The molecule has 0 spiro atoms. The summed E-state index contributed by atoms with van der Waals surface area (Å²) in [5.41, 5.74) is 1.20. The Bertz CT molecular complexity index is 1380. The number of fused-ring (bicyclic) bond motifs is 3. The van der Waals surface area contributed by atoms with E-state index in [-0.39, 0.29) is 23.6 Å². The van der Waals surface area contributed by atoms with Crippen LogP contribution in [0, 0.1) is 0 Å². The zero-order valence-electron chi connectivity index (χ0n) is 17.9. The maximum Gasteiger partial charge on any atom is 0.416 e. The van der Waals surface area contributed by atoms with Gasteiger partial charge in [-0.15, -0.1) is 0 Å². The summed E-state index contributed by atoms with van der Waals surface area (Å²) in [5.74, 6) is -0.194. The molecule has 5 rings (SSSR count). The van der Waals surface area contributed by atoms with E-state index in [1.54, 1.807) is 38.1 Å². The van der Waals surface area contributed by atoms with E-state index >= 15 is 0 Å². The molecule has 4 aromatic rings. The van der Waals surface area contributed by atoms with Crippen molar-refractivity contribution < 1.29 is 23.1 Å². The average Bonchev–Trinajstić information content (AvgIpc) is 3.30. The lowest BCUT2D eigenvalue weighted by molar-refractivity contribution is -0.138. The van der Waals surface area contributed by atoms with Crippen LogP contribution in [0.4, 0.5) is 13.2 Å². The number of hydrogen-bond acceptors (Lipinski definition) is 4. The Balaban J connectivity index is 1.64. The lowest BCUT2D eigenvalue weighted by atomic mass is 9.96. The van der Waals surface area contributed by atoms with Gasteiger partial charge in [-0.05, 0) is 43.2 Å². The number of imidazole rings is 1. The molecule has 1 aliphatic heterocycles. The zero-order valence-corrected chi connectivity index (χ0v) is 17.9. The van der Waals surface area contributed by atoms with Crippen LogP contribution >= 0.6 is 0 Å². The van der Waals surface area contributed by atoms with Crippen LogP contribution in [-0.2, 0) is 11.8 Å². The first-order valence-electron chi connectivity index (χ1n) is 10.5. The Labute approximate surface area is 187 Å². The number of benzene rings is 2. The fraction of sp³-hybridized carbons (Fsp3) is 0.240. The van der Waals surface area contributed by atoms with Crippen LogP contribution < -0.4 is 0 Å². The summed E-state index contributed by atoms with van der Waals surface area (Å²) >= 11 is 0. The van der Waals surface area contributed by atoms with Crippen LogP contribution in [0.1, 0.15) is 53.6 Å². The SMILES string of the molecule is CC(C)(O)c1ccc(-c2ccc3nc4n(c3n2)C(c2ccccc2C(F)(F)F)CC4=O)cc1. The van der Waals surface area contributed by atoms with Crippen LogP contribution in [0.25, 0.3) is 22.4 Å². The Kier molecular flexibility index (Phi) is 4.68. The van der Waals surface area contributed by atoms with Gasteiger partial charge < -0.3 is 5.11 Å². The minimum atomic E-state index is -4.54. The van der Waals surface area contributed by atoms with Crippen molar-refractivity contribution in [2.75, 3.05) is 0 Å². The Morgan fingerprint density at radius 2 is 1.67 bits per heavy atom. The highest BCUT2D eigenvalue weighted by Gasteiger charge is 2.40. The van der Waals surface area contributed by atoms with Gasteiger partial charge in [0.15, 0.2) is 11.5 Å². The highest BCUT2D eigenvalue weighted by molar-refractivity contribution is 5.99. The molecule has 168 valence electrons. The smallest absolute Gasteiger partial charge is 0.386 e. The number of nitrogens with zero attached hydrogens (tertiary/aromatic N) is 3. The predicted octanol–water partition coefficient (Wildman–Crippen LogP) is 5.52. The van der Waals surface area contributed by atoms with Gasteiger partial charge in [-0.1, -0.05) is 42.5 Å². The van der Waals surface area contributed by atoms with Gasteiger partial charge in [-0.3, -0.25) is 9.36 Å². The van der Waals surface area contributed by atoms with Gasteiger partial charge in [-0.25, -0.2) is 9.97 Å². The molecule has 5 nitrogen and oxygen atoms in total. The minimum absolute atomic E-state index is 0.0260. The monoisotopic (exact) mass is 451 g/mol. The Morgan fingerprint density at radius 3 is 2.33 bits per heavy atom. The average molecular weight is 451 g/mol. The van der Waals surface area contributed by atoms with Crippen molar-refractivity contribution in [1.29, 1.82) is 0 Å². The first-order chi connectivity index (χ1) is 15.5. The van der Waals surface area contributed by atoms with Crippen molar-refractivity contribution in [3.05, 3.63) is 83.2 Å². The summed E-state index contributed by atoms with van der Waals surface area (Å²) in [5, 5.41) is 10.2. The van der Waals surface area contributed by atoms with E-state index in [0.717, 1.165) is 17.2 Å². The van der Waals surface area contributed by atoms with Crippen LogP contribution in [-0.4, -0.2) is 25.4 Å². The minimum Gasteiger partial charge on any atom is -0.386 e. The molecule has 8 heteroatoms. The molecule has 1 aliphatic rings. The number of ketones is 1. The first kappa shape index (κ1) is 21.3. The number of pyridine rings is 1. The normalized spacial score (nSPS) is 16.4. The molecule has 3 heterocycles. The lowest BCUT2D eigenvalue weighted by Crippen LogP contribution is -2.15. The van der Waals surface area contributed by atoms with E-state index in [0.29, 0.717) is 16.9 Å². The molecule has 0 amide bonds. The molecule has 0 saturated heterocycles. The van der Waals surface area contributed by atoms with Gasteiger partial charge in [0.05, 0.1) is 22.9 Å². The highest BCUT2D eigenvalue weighted by Crippen LogP contribution is 2.41. The van der Waals surface area contributed by atoms with Crippen molar-refractivity contribution in [2.24, 2.45) is 0 Å². The van der Waals surface area contributed by atoms with Gasteiger partial charge in [0.2, 0.25) is 5.78 Å². The quantitative estimate of drug-likeness (QED) is 0.445. The predicted molar refractivity (Wildman–Crippen MR) is 117 cm³/mol. The fourth-order valence-electron chi connectivity index (χ4n) is 4.33. The van der Waals surface area contributed by atoms with E-state index < -0.39 is 23.4 Å². The van der Waals surface area contributed by atoms with Crippen molar-refractivity contribution in [3.8, 4) is 11.3 Å². The topological polar surface area (TPSA) is 68.0 Å². The standard InChI is InChI=1S/C25H20F3N3O2/c1-24(2,33)15-9-7-14(8-10-15)18-11-12-19-22(29-18)31-20(13-21(32)23(31)30-19)16-5-3-4-6-17(16)25(26,27)28/h3-12,20,33H,13H2,1-2H3. The van der Waals surface area contributed by atoms with Crippen molar-refractivity contribution in [2.45, 2.75) is 38.1 Å². The number of halogens is 3. The molecule has 2 aromatic heterocycles. The molecule has 0 radical (unpaired) electrons. The lowest BCUT2D eigenvalue weighted by Gasteiger charge is -2.19. The number of aliphatic hydroxyl groups is 1. The van der Waals surface area contributed by atoms with E-state index in [9.17, 15) is 23.1 Å². The second-order valence-electron chi connectivity index (χ2n) is 8.71. The fourth-order valence-corrected chi connectivity index (χ4v) is 4.33. The van der Waals surface area contributed by atoms with E-state index in [1.165, 1.54) is 22.8 Å². The second kappa shape index (κ2) is 7.25. The van der Waals surface area contributed by atoms with E-state index in [4.69, 9.17) is 0 Å². The molecule has 0 aliphatic carbocycles. The number of carbonyl (C=O) groups excluding carboxylic acids is 1. The number of aromatic nitrogens is 3. The summed E-state index contributed by atoms with van der Waals surface area (Å²) in [7, 11) is 0. The van der Waals surface area contributed by atoms with Gasteiger partial charge >= 0.3 is 6.18 Å². The summed E-state index contributed by atoms with van der Waals surface area (Å²) in [6.45, 7) is 3.38. The summed E-state index contributed by atoms with van der Waals surface area (Å²) in [6.07, 6.45) is -4.64. The van der Waals surface area contributed by atoms with Crippen molar-refractivity contribution in [1.82, 2.24) is 14.5 Å². The first-order valence-corrected chi connectivity index (χ1v) is 10.5. The van der Waals surface area contributed by atoms with Gasteiger partial charge in [0.25, 0.3) is 0 Å². The zero-order chi connectivity index (χ0) is 23.5. The molecular formula is C25H20F3N3O2. The summed E-state index contributed by atoms with van der Waals surface area (Å²) < 4.78 is 42.5. The van der Waals surface area contributed by atoms with E-state index in [1.807, 2.05) is 12.1 Å². The van der Waals surface area contributed by atoms with Crippen LogP contribution in [0.2, 0.25) is 0 Å². The molecule has 0 fully saturated rings. The van der Waals surface area contributed by atoms with Gasteiger partial charge in [0, 0.05) is 12.0 Å². The van der Waals surface area contributed by atoms with Crippen molar-refractivity contribution in [3.63, 3.8) is 0 Å². The van der Waals surface area contributed by atoms with Gasteiger partial charge in [-0.2, -0.15) is 13.2 Å². The van der Waals surface area contributed by atoms with Crippen LogP contribution in [0.3, 0.4) is 0 Å². The molecule has 0 saturated carbocycles. The molecule has 0 bridgehead atoms. The van der Waals surface area contributed by atoms with Crippen molar-refractivity contribution >= 4 is 16.9 Å². The number of carbonyl (C=O) groups is 1. The third kappa shape index (κ3) is 3.60. The number of Topliss-reactive ketones (excluding diaryl/α,β-unsaturated/α-hetero) is 1. The maximum atomic E-state index is 13.7. The third-order valence-electron chi connectivity index (χ3n) is 5.99. The number of alkyl halides is 3. The second-order valence-corrected chi connectivity index (χ2v) is 8.71. The highest BCUT2D eigenvalue weighted by atomic mass is 19.4. The Morgan fingerprint density at radius 1 is 0.970 bits per heavy atom. The summed E-state index contributed by atoms with van der Waals surface area (Å²) in [4.78, 5) is 21.7. The molecule has 1 unspecified atom stereocenters. The van der Waals surface area contributed by atoms with Crippen LogP contribution in [0.15, 0.2) is 60.7 Å². The molecular weight excluding hydrogens is 431 g/mol. The van der Waals surface area contributed by atoms with Crippen LogP contribution in [0.5, 0.6) is 0 Å². The molecule has 2 aromatic carbocycles. The van der Waals surface area contributed by atoms with Gasteiger partial charge in [0.1, 0.15) is 5.52 Å². The Hall–Kier alpha value is -3.52. The largest absolute Gasteiger partial charge is 0.416 e. The maximum absolute atomic E-state index is 13.7. The molecule has 33 heavy (non-hydrogen) atoms. The number of rotatable bonds is 3. The molecule has 1 atom stereocenters. The third-order valence-corrected chi connectivity index (χ3v) is 5.99. The summed E-state index contributed by atoms with van der Waals surface area (Å²) in [6, 6.07) is 15.2. The van der Waals surface area contributed by atoms with E-state index in [2.05, 4.69) is 9.97 Å².